The molecule has 7 nitrogen and oxygen atoms in total. The molecule has 1 aromatic carbocycles. The van der Waals surface area contributed by atoms with Crippen LogP contribution in [0.3, 0.4) is 0 Å². The summed E-state index contributed by atoms with van der Waals surface area (Å²) in [5.41, 5.74) is -0.517. The van der Waals surface area contributed by atoms with Crippen molar-refractivity contribution < 1.29 is 14.3 Å². The van der Waals surface area contributed by atoms with Gasteiger partial charge in [-0.15, -0.1) is 0 Å². The molecule has 0 aliphatic heterocycles. The van der Waals surface area contributed by atoms with E-state index >= 15 is 0 Å². The maximum Gasteiger partial charge on any atom is 0.349 e. The number of amides is 1. The summed E-state index contributed by atoms with van der Waals surface area (Å²) in [7, 11) is 1.74. The van der Waals surface area contributed by atoms with Crippen molar-refractivity contribution in [2.75, 3.05) is 6.54 Å². The average molecular weight is 341 g/mol. The number of aromatic nitrogens is 2. The summed E-state index contributed by atoms with van der Waals surface area (Å²) in [5.74, 6) is -0.582. The maximum atomic E-state index is 12.5. The molecular formula is C18H19N3O4. The van der Waals surface area contributed by atoms with E-state index in [0.717, 1.165) is 0 Å². The van der Waals surface area contributed by atoms with Gasteiger partial charge in [-0.1, -0.05) is 18.2 Å². The van der Waals surface area contributed by atoms with Crippen LogP contribution in [0.1, 0.15) is 28.4 Å². The van der Waals surface area contributed by atoms with Gasteiger partial charge in [-0.05, 0) is 25.5 Å². The Kier molecular flexibility index (Phi) is 4.18. The summed E-state index contributed by atoms with van der Waals surface area (Å²) < 4.78 is 6.79. The highest BCUT2D eigenvalue weighted by molar-refractivity contribution is 5.99. The van der Waals surface area contributed by atoms with Crippen LogP contribution in [0.2, 0.25) is 0 Å². The van der Waals surface area contributed by atoms with Gasteiger partial charge >= 0.3 is 5.63 Å². The summed E-state index contributed by atoms with van der Waals surface area (Å²) in [6.45, 7) is 3.21. The largest absolute Gasteiger partial charge is 0.422 e. The van der Waals surface area contributed by atoms with Crippen LogP contribution in [-0.4, -0.2) is 27.3 Å². The topological polar surface area (TPSA) is 97.4 Å². The third kappa shape index (κ3) is 3.18. The number of hydrogen-bond acceptors (Lipinski definition) is 5. The number of carbonyl (C=O) groups excluding carboxylic acids is 1. The van der Waals surface area contributed by atoms with Crippen molar-refractivity contribution >= 4 is 16.9 Å². The van der Waals surface area contributed by atoms with E-state index in [9.17, 15) is 14.7 Å². The van der Waals surface area contributed by atoms with Gasteiger partial charge in [-0.2, -0.15) is 5.10 Å². The van der Waals surface area contributed by atoms with E-state index in [1.807, 2.05) is 6.07 Å². The van der Waals surface area contributed by atoms with Crippen molar-refractivity contribution in [3.8, 4) is 0 Å². The van der Waals surface area contributed by atoms with Gasteiger partial charge in [0, 0.05) is 24.2 Å². The van der Waals surface area contributed by atoms with E-state index < -0.39 is 17.1 Å². The molecule has 130 valence electrons. The van der Waals surface area contributed by atoms with Gasteiger partial charge in [-0.3, -0.25) is 9.48 Å². The molecule has 0 bridgehead atoms. The van der Waals surface area contributed by atoms with E-state index in [4.69, 9.17) is 4.42 Å². The van der Waals surface area contributed by atoms with Gasteiger partial charge in [-0.25, -0.2) is 4.79 Å². The first-order chi connectivity index (χ1) is 11.8. The third-order valence-corrected chi connectivity index (χ3v) is 4.22. The number of nitrogens with zero attached hydrogens (tertiary/aromatic N) is 2. The molecule has 0 aliphatic rings. The van der Waals surface area contributed by atoms with Crippen molar-refractivity contribution in [2.24, 2.45) is 7.05 Å². The Balaban J connectivity index is 1.87. The number of rotatable bonds is 4. The molecule has 0 spiro atoms. The molecule has 0 saturated carbocycles. The first kappa shape index (κ1) is 16.9. The number of fused-ring (bicyclic) bond motifs is 1. The van der Waals surface area contributed by atoms with Crippen molar-refractivity contribution in [3.63, 3.8) is 0 Å². The molecule has 0 aliphatic carbocycles. The standard InChI is InChI=1S/C18H19N3O4/c1-11-13-6-4-5-7-14(13)25-17(23)15(11)16(22)19-10-18(2,24)12-8-20-21(3)9-12/h4-9,24H,10H2,1-3H3,(H,19,22). The molecule has 0 fully saturated rings. The summed E-state index contributed by atoms with van der Waals surface area (Å²) in [4.78, 5) is 24.7. The monoisotopic (exact) mass is 341 g/mol. The lowest BCUT2D eigenvalue weighted by atomic mass is 9.99. The van der Waals surface area contributed by atoms with Crippen LogP contribution < -0.4 is 10.9 Å². The Morgan fingerprint density at radius 2 is 2.12 bits per heavy atom. The highest BCUT2D eigenvalue weighted by atomic mass is 16.4. The van der Waals surface area contributed by atoms with Gasteiger partial charge in [0.05, 0.1) is 12.7 Å². The zero-order valence-corrected chi connectivity index (χ0v) is 14.2. The van der Waals surface area contributed by atoms with E-state index in [1.165, 1.54) is 6.20 Å². The number of hydrogen-bond donors (Lipinski definition) is 2. The fourth-order valence-corrected chi connectivity index (χ4v) is 2.71. The number of aryl methyl sites for hydroxylation is 2. The van der Waals surface area contributed by atoms with Crippen LogP contribution in [-0.2, 0) is 12.6 Å². The summed E-state index contributed by atoms with van der Waals surface area (Å²) >= 11 is 0. The highest BCUT2D eigenvalue weighted by Gasteiger charge is 2.27. The molecule has 1 atom stereocenters. The molecule has 2 N–H and O–H groups in total. The quantitative estimate of drug-likeness (QED) is 0.701. The smallest absolute Gasteiger partial charge is 0.349 e. The second kappa shape index (κ2) is 6.18. The normalized spacial score (nSPS) is 13.6. The lowest BCUT2D eigenvalue weighted by Gasteiger charge is -2.22. The molecule has 25 heavy (non-hydrogen) atoms. The fourth-order valence-electron chi connectivity index (χ4n) is 2.71. The Hall–Kier alpha value is -2.93. The predicted molar refractivity (Wildman–Crippen MR) is 92.3 cm³/mol. The molecule has 2 aromatic heterocycles. The molecule has 1 unspecified atom stereocenters. The second-order valence-electron chi connectivity index (χ2n) is 6.24. The average Bonchev–Trinajstić information content (AvgIpc) is 3.00. The van der Waals surface area contributed by atoms with Crippen LogP contribution in [0, 0.1) is 6.92 Å². The Morgan fingerprint density at radius 3 is 2.80 bits per heavy atom. The molecule has 2 heterocycles. The first-order valence-corrected chi connectivity index (χ1v) is 7.82. The Morgan fingerprint density at radius 1 is 1.40 bits per heavy atom. The van der Waals surface area contributed by atoms with Crippen molar-refractivity contribution in [2.45, 2.75) is 19.4 Å². The predicted octanol–water partition coefficient (Wildman–Crippen LogP) is 1.47. The Labute approximate surface area is 143 Å². The molecule has 3 rings (SSSR count). The minimum absolute atomic E-state index is 0.0549. The summed E-state index contributed by atoms with van der Waals surface area (Å²) in [6, 6.07) is 7.04. The van der Waals surface area contributed by atoms with Crippen molar-refractivity contribution in [1.82, 2.24) is 15.1 Å². The van der Waals surface area contributed by atoms with E-state index in [-0.39, 0.29) is 12.1 Å². The SMILES string of the molecule is Cc1c(C(=O)NCC(C)(O)c2cnn(C)c2)c(=O)oc2ccccc12. The highest BCUT2D eigenvalue weighted by Crippen LogP contribution is 2.20. The van der Waals surface area contributed by atoms with Crippen molar-refractivity contribution in [1.29, 1.82) is 0 Å². The first-order valence-electron chi connectivity index (χ1n) is 7.82. The Bertz CT molecular complexity index is 1000. The van der Waals surface area contributed by atoms with Crippen LogP contribution in [0.15, 0.2) is 45.9 Å². The minimum atomic E-state index is -1.31. The van der Waals surface area contributed by atoms with Gasteiger partial charge < -0.3 is 14.8 Å². The number of nitrogens with one attached hydrogen (secondary N) is 1. The number of aliphatic hydroxyl groups is 1. The zero-order chi connectivity index (χ0) is 18.2. The number of para-hydroxylation sites is 1. The molecule has 3 aromatic rings. The zero-order valence-electron chi connectivity index (χ0n) is 14.2. The minimum Gasteiger partial charge on any atom is -0.422 e. The second-order valence-corrected chi connectivity index (χ2v) is 6.24. The number of benzene rings is 1. The van der Waals surface area contributed by atoms with Gasteiger partial charge in [0.2, 0.25) is 0 Å². The molecule has 7 heteroatoms. The molecular weight excluding hydrogens is 322 g/mol. The van der Waals surface area contributed by atoms with Crippen LogP contribution in [0.5, 0.6) is 0 Å². The van der Waals surface area contributed by atoms with E-state index in [0.29, 0.717) is 22.1 Å². The van der Waals surface area contributed by atoms with Gasteiger partial charge in [0.15, 0.2) is 0 Å². The summed E-state index contributed by atoms with van der Waals surface area (Å²) in [5, 5.41) is 17.9. The van der Waals surface area contributed by atoms with Crippen LogP contribution in [0.4, 0.5) is 0 Å². The van der Waals surface area contributed by atoms with Gasteiger partial charge in [0.25, 0.3) is 5.91 Å². The van der Waals surface area contributed by atoms with Crippen LogP contribution >= 0.6 is 0 Å². The van der Waals surface area contributed by atoms with E-state index in [2.05, 4.69) is 10.4 Å². The number of carbonyl (C=O) groups is 1. The third-order valence-electron chi connectivity index (χ3n) is 4.22. The lowest BCUT2D eigenvalue weighted by Crippen LogP contribution is -2.40. The molecule has 0 saturated heterocycles. The van der Waals surface area contributed by atoms with Crippen molar-refractivity contribution in [3.05, 3.63) is 63.8 Å². The van der Waals surface area contributed by atoms with E-state index in [1.54, 1.807) is 50.0 Å². The summed E-state index contributed by atoms with van der Waals surface area (Å²) in [6.07, 6.45) is 3.20. The molecule has 0 radical (unpaired) electrons. The van der Waals surface area contributed by atoms with Crippen LogP contribution in [0.25, 0.3) is 11.0 Å². The fraction of sp³-hybridized carbons (Fsp3) is 0.278. The maximum absolute atomic E-state index is 12.5. The lowest BCUT2D eigenvalue weighted by molar-refractivity contribution is 0.0524. The van der Waals surface area contributed by atoms with Gasteiger partial charge in [0.1, 0.15) is 16.7 Å². The molecule has 1 amide bonds.